The first-order valence-electron chi connectivity index (χ1n) is 14.0. The third-order valence-corrected chi connectivity index (χ3v) is 10.9. The first-order chi connectivity index (χ1) is 17.1. The van der Waals surface area contributed by atoms with Crippen LogP contribution in [0.15, 0.2) is 12.1 Å². The van der Waals surface area contributed by atoms with Gasteiger partial charge in [0, 0.05) is 54.5 Å². The highest BCUT2D eigenvalue weighted by molar-refractivity contribution is 5.78. The lowest BCUT2D eigenvalue weighted by Gasteiger charge is -2.66. The topological polar surface area (TPSA) is 74.3 Å². The molecule has 8 aliphatic rings. The minimum Gasteiger partial charge on any atom is -0.504 e. The first kappa shape index (κ1) is 21.3. The SMILES string of the molecule is O=C(C[C@@H]1COCCN1)N1CC[C@@]23CC[C@@H]1[C@@H]1Oc4c(O)ccc5c4[C@@]12CCN(CC1CC1)[C@@H]3C5. The van der Waals surface area contributed by atoms with Crippen LogP contribution in [0.1, 0.15) is 56.1 Å². The maximum Gasteiger partial charge on any atom is 0.224 e. The van der Waals surface area contributed by atoms with Crippen LogP contribution < -0.4 is 10.1 Å². The van der Waals surface area contributed by atoms with Gasteiger partial charge in [0.05, 0.1) is 19.3 Å². The number of phenolic OH excluding ortho intramolecular Hbond substituents is 1. The zero-order valence-electron chi connectivity index (χ0n) is 20.5. The number of phenols is 1. The lowest BCUT2D eigenvalue weighted by molar-refractivity contribution is -0.145. The van der Waals surface area contributed by atoms with Crippen LogP contribution in [0.3, 0.4) is 0 Å². The molecular formula is C28H37N3O4. The molecular weight excluding hydrogens is 442 g/mol. The van der Waals surface area contributed by atoms with Crippen LogP contribution >= 0.6 is 0 Å². The van der Waals surface area contributed by atoms with E-state index in [2.05, 4.69) is 21.2 Å². The number of benzene rings is 1. The van der Waals surface area contributed by atoms with E-state index in [1.54, 1.807) is 0 Å². The van der Waals surface area contributed by atoms with Crippen molar-refractivity contribution in [3.05, 3.63) is 23.3 Å². The maximum absolute atomic E-state index is 13.8. The van der Waals surface area contributed by atoms with Crippen LogP contribution in [0.25, 0.3) is 0 Å². The molecule has 0 unspecified atom stereocenters. The van der Waals surface area contributed by atoms with E-state index in [-0.39, 0.29) is 40.7 Å². The molecule has 2 spiro atoms. The fourth-order valence-electron chi connectivity index (χ4n) is 9.38. The Bertz CT molecular complexity index is 1070. The zero-order chi connectivity index (χ0) is 23.4. The predicted molar refractivity (Wildman–Crippen MR) is 130 cm³/mol. The van der Waals surface area contributed by atoms with Gasteiger partial charge < -0.3 is 24.8 Å². The molecule has 7 nitrogen and oxygen atoms in total. The summed E-state index contributed by atoms with van der Waals surface area (Å²) in [6, 6.07) is 4.69. The van der Waals surface area contributed by atoms with Crippen molar-refractivity contribution >= 4 is 5.91 Å². The summed E-state index contributed by atoms with van der Waals surface area (Å²) < 4.78 is 12.4. The second-order valence-electron chi connectivity index (χ2n) is 12.4. The van der Waals surface area contributed by atoms with Crippen LogP contribution in [0, 0.1) is 11.3 Å². The molecule has 5 aliphatic heterocycles. The maximum atomic E-state index is 13.8. The van der Waals surface area contributed by atoms with Crippen molar-refractivity contribution in [2.45, 2.75) is 81.0 Å². The van der Waals surface area contributed by atoms with Gasteiger partial charge in [-0.1, -0.05) is 6.07 Å². The Morgan fingerprint density at radius 3 is 2.91 bits per heavy atom. The summed E-state index contributed by atoms with van der Waals surface area (Å²) in [5.74, 6) is 2.12. The molecule has 6 fully saturated rings. The Labute approximate surface area is 207 Å². The number of morpholine rings is 1. The van der Waals surface area contributed by atoms with Crippen molar-refractivity contribution in [3.63, 3.8) is 0 Å². The van der Waals surface area contributed by atoms with E-state index in [1.807, 2.05) is 6.07 Å². The number of carbonyl (C=O) groups excluding carboxylic acids is 1. The van der Waals surface area contributed by atoms with E-state index in [9.17, 15) is 9.90 Å². The van der Waals surface area contributed by atoms with Crippen LogP contribution in [0.2, 0.25) is 0 Å². The molecule has 1 amide bonds. The Kier molecular flexibility index (Phi) is 4.47. The van der Waals surface area contributed by atoms with E-state index < -0.39 is 0 Å². The van der Waals surface area contributed by atoms with Crippen molar-refractivity contribution in [1.82, 2.24) is 15.1 Å². The Morgan fingerprint density at radius 1 is 1.17 bits per heavy atom. The van der Waals surface area contributed by atoms with Crippen LogP contribution in [0.4, 0.5) is 0 Å². The van der Waals surface area contributed by atoms with Gasteiger partial charge in [-0.2, -0.15) is 0 Å². The Morgan fingerprint density at radius 2 is 2.09 bits per heavy atom. The van der Waals surface area contributed by atoms with Gasteiger partial charge in [0.1, 0.15) is 6.10 Å². The van der Waals surface area contributed by atoms with Crippen molar-refractivity contribution in [2.24, 2.45) is 11.3 Å². The van der Waals surface area contributed by atoms with Gasteiger partial charge in [-0.25, -0.2) is 0 Å². The molecule has 0 aromatic heterocycles. The van der Waals surface area contributed by atoms with E-state index in [4.69, 9.17) is 9.47 Å². The number of piperidine rings is 1. The van der Waals surface area contributed by atoms with Crippen LogP contribution in [-0.2, 0) is 21.4 Å². The number of hydrogen-bond donors (Lipinski definition) is 2. The fraction of sp³-hybridized carbons (Fsp3) is 0.750. The molecule has 1 aromatic carbocycles. The number of nitrogens with one attached hydrogen (secondary N) is 1. The zero-order valence-corrected chi connectivity index (χ0v) is 20.5. The highest BCUT2D eigenvalue weighted by Crippen LogP contribution is 2.71. The lowest BCUT2D eigenvalue weighted by atomic mass is 9.42. The highest BCUT2D eigenvalue weighted by atomic mass is 16.5. The van der Waals surface area contributed by atoms with E-state index in [1.165, 1.54) is 30.5 Å². The van der Waals surface area contributed by atoms with Gasteiger partial charge in [0.2, 0.25) is 5.91 Å². The van der Waals surface area contributed by atoms with E-state index in [0.717, 1.165) is 70.0 Å². The Hall–Kier alpha value is -1.83. The third-order valence-electron chi connectivity index (χ3n) is 10.9. The third kappa shape index (κ3) is 2.75. The Balaban J connectivity index is 1.21. The highest BCUT2D eigenvalue weighted by Gasteiger charge is 2.74. The van der Waals surface area contributed by atoms with Crippen molar-refractivity contribution in [3.8, 4) is 11.5 Å². The molecule has 188 valence electrons. The number of likely N-dealkylation sites (tertiary alicyclic amines) is 1. The molecule has 5 heterocycles. The van der Waals surface area contributed by atoms with E-state index in [0.29, 0.717) is 19.1 Å². The summed E-state index contributed by atoms with van der Waals surface area (Å²) in [6.45, 7) is 5.32. The van der Waals surface area contributed by atoms with Gasteiger partial charge in [0.15, 0.2) is 11.5 Å². The number of ether oxygens (including phenoxy) is 2. The summed E-state index contributed by atoms with van der Waals surface area (Å²) in [5, 5.41) is 14.4. The predicted octanol–water partition coefficient (Wildman–Crippen LogP) is 2.19. The average Bonchev–Trinajstić information content (AvgIpc) is 3.65. The van der Waals surface area contributed by atoms with Gasteiger partial charge >= 0.3 is 0 Å². The van der Waals surface area contributed by atoms with Crippen molar-refractivity contribution in [2.75, 3.05) is 39.4 Å². The summed E-state index contributed by atoms with van der Waals surface area (Å²) in [7, 11) is 0. The van der Waals surface area contributed by atoms with Gasteiger partial charge in [-0.15, -0.1) is 0 Å². The number of hydrogen-bond acceptors (Lipinski definition) is 6. The number of rotatable bonds is 4. The van der Waals surface area contributed by atoms with Crippen LogP contribution in [0.5, 0.6) is 11.5 Å². The smallest absolute Gasteiger partial charge is 0.224 e. The molecule has 7 heteroatoms. The second kappa shape index (κ2) is 7.36. The number of amides is 1. The first-order valence-corrected chi connectivity index (χ1v) is 14.0. The molecule has 4 saturated heterocycles. The average molecular weight is 480 g/mol. The molecule has 1 aromatic rings. The number of aromatic hydroxyl groups is 1. The molecule has 9 rings (SSSR count). The number of fused-ring (bicyclic) bond motifs is 3. The van der Waals surface area contributed by atoms with Gasteiger partial charge in [-0.3, -0.25) is 9.69 Å². The molecule has 0 radical (unpaired) electrons. The summed E-state index contributed by atoms with van der Waals surface area (Å²) in [6.07, 6.45) is 8.54. The van der Waals surface area contributed by atoms with E-state index >= 15 is 0 Å². The monoisotopic (exact) mass is 479 g/mol. The molecule has 2 saturated carbocycles. The summed E-state index contributed by atoms with van der Waals surface area (Å²) >= 11 is 0. The molecule has 2 N–H and O–H groups in total. The second-order valence-corrected chi connectivity index (χ2v) is 12.4. The minimum atomic E-state index is -0.0798. The summed E-state index contributed by atoms with van der Waals surface area (Å²) in [4.78, 5) is 18.8. The standard InChI is InChI=1S/C28H37N3O4/c32-21-4-3-18-13-22-27-6-5-20(31(11-7-27)23(33)14-19-16-34-12-9-29-19)26-28(27,24(18)25(21)35-26)8-10-30(22)15-17-1-2-17/h3-4,17,19-20,22,26,29,32H,1-2,5-16H2/t19-,20-,22-,26+,27-,28+/m1/s1. The molecule has 4 bridgehead atoms. The largest absolute Gasteiger partial charge is 0.504 e. The normalized spacial score (nSPS) is 41.3. The molecule has 3 aliphatic carbocycles. The molecule has 35 heavy (non-hydrogen) atoms. The van der Waals surface area contributed by atoms with Crippen molar-refractivity contribution in [1.29, 1.82) is 0 Å². The fourth-order valence-corrected chi connectivity index (χ4v) is 9.38. The van der Waals surface area contributed by atoms with Crippen LogP contribution in [-0.4, -0.2) is 84.4 Å². The van der Waals surface area contributed by atoms with Crippen molar-refractivity contribution < 1.29 is 19.4 Å². The minimum absolute atomic E-state index is 0.0498. The number of carbonyl (C=O) groups is 1. The lowest BCUT2D eigenvalue weighted by Crippen LogP contribution is -2.72. The molecule has 6 atom stereocenters. The number of nitrogens with zero attached hydrogens (tertiary/aromatic N) is 2. The van der Waals surface area contributed by atoms with Gasteiger partial charge in [-0.05, 0) is 69.0 Å². The summed E-state index contributed by atoms with van der Waals surface area (Å²) in [5.41, 5.74) is 2.73. The van der Waals surface area contributed by atoms with Gasteiger partial charge in [0.25, 0.3) is 0 Å². The quantitative estimate of drug-likeness (QED) is 0.690.